The van der Waals surface area contributed by atoms with Crippen molar-refractivity contribution < 1.29 is 19.1 Å². The van der Waals surface area contributed by atoms with E-state index in [0.717, 1.165) is 12.8 Å². The molecule has 1 fully saturated rings. The summed E-state index contributed by atoms with van der Waals surface area (Å²) in [5, 5.41) is 10.1. The van der Waals surface area contributed by atoms with Crippen molar-refractivity contribution in [2.45, 2.75) is 25.5 Å². The maximum Gasteiger partial charge on any atom is 0.417 e. The van der Waals surface area contributed by atoms with Crippen molar-refractivity contribution in [2.75, 3.05) is 13.2 Å². The lowest BCUT2D eigenvalue weighted by Gasteiger charge is -2.26. The molecular weight excluding hydrogens is 348 g/mol. The molecule has 1 saturated heterocycles. The fourth-order valence-corrected chi connectivity index (χ4v) is 3.42. The number of aromatic nitrogens is 1. The topological polar surface area (TPSA) is 95.8 Å². The van der Waals surface area contributed by atoms with Crippen LogP contribution in [0.25, 0.3) is 11.1 Å². The van der Waals surface area contributed by atoms with Crippen LogP contribution in [0.4, 0.5) is 0 Å². The number of H-pyrrole nitrogens is 1. The predicted molar refractivity (Wildman–Crippen MR) is 98.7 cm³/mol. The number of carbonyl (C=O) groups excluding carboxylic acids is 1. The zero-order valence-corrected chi connectivity index (χ0v) is 14.7. The van der Waals surface area contributed by atoms with Gasteiger partial charge in [-0.2, -0.15) is 0 Å². The average Bonchev–Trinajstić information content (AvgIpc) is 3.30. The zero-order valence-electron chi connectivity index (χ0n) is 14.7. The lowest BCUT2D eigenvalue weighted by Crippen LogP contribution is -2.37. The number of oxazole rings is 1. The van der Waals surface area contributed by atoms with Crippen LogP contribution in [0.15, 0.2) is 51.7 Å². The van der Waals surface area contributed by atoms with E-state index in [1.807, 2.05) is 6.07 Å². The van der Waals surface area contributed by atoms with Gasteiger partial charge < -0.3 is 19.2 Å². The molecule has 0 radical (unpaired) electrons. The van der Waals surface area contributed by atoms with Crippen LogP contribution in [-0.2, 0) is 11.3 Å². The second-order valence-electron chi connectivity index (χ2n) is 6.65. The highest BCUT2D eigenvalue weighted by Crippen LogP contribution is 2.24. The molecule has 1 aromatic heterocycles. The number of nitrogens with one attached hydrogen (secondary N) is 1. The standard InChI is InChI=1S/C20H20N2O5/c23-17-9-2-1-5-13(17)11-22(12-14-6-4-10-26-14)19(24)15-7-3-8-16-18(15)27-20(25)21-16/h1-3,5,7-9,14,23H,4,6,10-12H2,(H,21,25)/t14-/m0/s1. The van der Waals surface area contributed by atoms with Gasteiger partial charge in [0.15, 0.2) is 5.58 Å². The minimum atomic E-state index is -0.600. The number of hydrogen-bond donors (Lipinski definition) is 2. The van der Waals surface area contributed by atoms with Crippen LogP contribution in [-0.4, -0.2) is 40.2 Å². The summed E-state index contributed by atoms with van der Waals surface area (Å²) in [5.41, 5.74) is 1.67. The van der Waals surface area contributed by atoms with Gasteiger partial charge in [-0.1, -0.05) is 24.3 Å². The maximum atomic E-state index is 13.3. The van der Waals surface area contributed by atoms with Crippen LogP contribution in [0.2, 0.25) is 0 Å². The number of benzene rings is 2. The van der Waals surface area contributed by atoms with Gasteiger partial charge in [0, 0.05) is 25.3 Å². The number of carbonyl (C=O) groups is 1. The monoisotopic (exact) mass is 368 g/mol. The van der Waals surface area contributed by atoms with E-state index in [-0.39, 0.29) is 29.9 Å². The molecule has 1 atom stereocenters. The first kappa shape index (κ1) is 17.4. The number of phenols is 1. The van der Waals surface area contributed by atoms with Crippen LogP contribution < -0.4 is 5.76 Å². The smallest absolute Gasteiger partial charge is 0.417 e. The van der Waals surface area contributed by atoms with Crippen molar-refractivity contribution in [2.24, 2.45) is 0 Å². The van der Waals surface area contributed by atoms with Gasteiger partial charge in [0.25, 0.3) is 5.91 Å². The highest BCUT2D eigenvalue weighted by molar-refractivity contribution is 6.04. The van der Waals surface area contributed by atoms with Crippen molar-refractivity contribution in [1.82, 2.24) is 9.88 Å². The van der Waals surface area contributed by atoms with Crippen molar-refractivity contribution in [3.8, 4) is 5.75 Å². The maximum absolute atomic E-state index is 13.3. The Bertz CT molecular complexity index is 1020. The predicted octanol–water partition coefficient (Wildman–Crippen LogP) is 2.65. The van der Waals surface area contributed by atoms with E-state index in [0.29, 0.717) is 29.8 Å². The third kappa shape index (κ3) is 3.59. The summed E-state index contributed by atoms with van der Waals surface area (Å²) < 4.78 is 10.9. The molecule has 140 valence electrons. The Morgan fingerprint density at radius 1 is 1.22 bits per heavy atom. The quantitative estimate of drug-likeness (QED) is 0.722. The van der Waals surface area contributed by atoms with E-state index in [1.165, 1.54) is 0 Å². The minimum Gasteiger partial charge on any atom is -0.508 e. The van der Waals surface area contributed by atoms with Crippen LogP contribution in [0.3, 0.4) is 0 Å². The zero-order chi connectivity index (χ0) is 18.8. The number of aromatic hydroxyl groups is 1. The molecule has 0 unspecified atom stereocenters. The Hall–Kier alpha value is -3.06. The number of fused-ring (bicyclic) bond motifs is 1. The summed E-state index contributed by atoms with van der Waals surface area (Å²) in [7, 11) is 0. The Morgan fingerprint density at radius 2 is 2.07 bits per heavy atom. The molecule has 7 heteroatoms. The number of amides is 1. The molecule has 3 aromatic rings. The summed E-state index contributed by atoms with van der Waals surface area (Å²) in [5.74, 6) is -0.743. The summed E-state index contributed by atoms with van der Waals surface area (Å²) in [6.07, 6.45) is 1.80. The van der Waals surface area contributed by atoms with E-state index < -0.39 is 5.76 Å². The fraction of sp³-hybridized carbons (Fsp3) is 0.300. The SMILES string of the molecule is O=C(c1cccc2[nH]c(=O)oc12)N(Cc1ccccc1O)C[C@@H]1CCCO1. The number of phenolic OH excluding ortho intramolecular Hbond substituents is 1. The van der Waals surface area contributed by atoms with Gasteiger partial charge in [-0.05, 0) is 31.0 Å². The Morgan fingerprint density at radius 3 is 2.85 bits per heavy atom. The molecule has 1 aliphatic heterocycles. The van der Waals surface area contributed by atoms with Crippen molar-refractivity contribution in [3.63, 3.8) is 0 Å². The normalized spacial score (nSPS) is 16.7. The average molecular weight is 368 g/mol. The highest BCUT2D eigenvalue weighted by Gasteiger charge is 2.26. The molecule has 2 heterocycles. The minimum absolute atomic E-state index is 0.0442. The first-order chi connectivity index (χ1) is 13.1. The van der Waals surface area contributed by atoms with Crippen LogP contribution in [0.1, 0.15) is 28.8 Å². The van der Waals surface area contributed by atoms with Crippen LogP contribution in [0, 0.1) is 0 Å². The van der Waals surface area contributed by atoms with Crippen molar-refractivity contribution >= 4 is 17.0 Å². The second kappa shape index (κ2) is 7.28. The van der Waals surface area contributed by atoms with Gasteiger partial charge >= 0.3 is 5.76 Å². The Kier molecular flexibility index (Phi) is 4.68. The molecule has 2 N–H and O–H groups in total. The molecular formula is C20H20N2O5. The summed E-state index contributed by atoms with van der Waals surface area (Å²) in [6, 6.07) is 11.9. The number of ether oxygens (including phenoxy) is 1. The van der Waals surface area contributed by atoms with Gasteiger partial charge in [-0.3, -0.25) is 9.78 Å². The second-order valence-corrected chi connectivity index (χ2v) is 6.65. The number of para-hydroxylation sites is 2. The molecule has 27 heavy (non-hydrogen) atoms. The first-order valence-corrected chi connectivity index (χ1v) is 8.91. The third-order valence-electron chi connectivity index (χ3n) is 4.76. The first-order valence-electron chi connectivity index (χ1n) is 8.91. The number of hydrogen-bond acceptors (Lipinski definition) is 5. The molecule has 7 nitrogen and oxygen atoms in total. The summed E-state index contributed by atoms with van der Waals surface area (Å²) in [6.45, 7) is 1.32. The van der Waals surface area contributed by atoms with Crippen molar-refractivity contribution in [1.29, 1.82) is 0 Å². The lowest BCUT2D eigenvalue weighted by atomic mass is 10.1. The fourth-order valence-electron chi connectivity index (χ4n) is 3.42. The number of rotatable bonds is 5. The molecule has 0 saturated carbocycles. The van der Waals surface area contributed by atoms with E-state index >= 15 is 0 Å². The summed E-state index contributed by atoms with van der Waals surface area (Å²) >= 11 is 0. The molecule has 0 aliphatic carbocycles. The number of aromatic amines is 1. The number of nitrogens with zero attached hydrogens (tertiary/aromatic N) is 1. The van der Waals surface area contributed by atoms with Gasteiger partial charge in [0.2, 0.25) is 0 Å². The molecule has 4 rings (SSSR count). The Labute approximate surface area is 155 Å². The molecule has 1 amide bonds. The van der Waals surface area contributed by atoms with Crippen LogP contribution >= 0.6 is 0 Å². The molecule has 0 spiro atoms. The highest BCUT2D eigenvalue weighted by atomic mass is 16.5. The molecule has 2 aromatic carbocycles. The van der Waals surface area contributed by atoms with E-state index in [9.17, 15) is 14.7 Å². The molecule has 1 aliphatic rings. The van der Waals surface area contributed by atoms with E-state index in [1.54, 1.807) is 41.3 Å². The van der Waals surface area contributed by atoms with Gasteiger partial charge in [0.1, 0.15) is 5.75 Å². The van der Waals surface area contributed by atoms with E-state index in [4.69, 9.17) is 9.15 Å². The van der Waals surface area contributed by atoms with E-state index in [2.05, 4.69) is 4.98 Å². The van der Waals surface area contributed by atoms with Gasteiger partial charge in [-0.15, -0.1) is 0 Å². The lowest BCUT2D eigenvalue weighted by molar-refractivity contribution is 0.0506. The van der Waals surface area contributed by atoms with Crippen LogP contribution in [0.5, 0.6) is 5.75 Å². The summed E-state index contributed by atoms with van der Waals surface area (Å²) in [4.78, 5) is 29.0. The molecule has 0 bridgehead atoms. The van der Waals surface area contributed by atoms with Crippen molar-refractivity contribution in [3.05, 3.63) is 64.1 Å². The Balaban J connectivity index is 1.68. The largest absolute Gasteiger partial charge is 0.508 e. The van der Waals surface area contributed by atoms with Gasteiger partial charge in [-0.25, -0.2) is 4.79 Å². The third-order valence-corrected chi connectivity index (χ3v) is 4.76. The van der Waals surface area contributed by atoms with Gasteiger partial charge in [0.05, 0.1) is 17.2 Å².